The normalized spacial score (nSPS) is 10.7. The van der Waals surface area contributed by atoms with Gasteiger partial charge in [0.05, 0.1) is 5.69 Å². The molecule has 24 heavy (non-hydrogen) atoms. The number of pyridine rings is 1. The molecule has 116 valence electrons. The highest BCUT2D eigenvalue weighted by Crippen LogP contribution is 2.31. The fourth-order valence-corrected chi connectivity index (χ4v) is 2.90. The zero-order valence-electron chi connectivity index (χ0n) is 13.1. The average Bonchev–Trinajstić information content (AvgIpc) is 2.63. The number of nitrogens with two attached hydrogens (primary N) is 1. The quantitative estimate of drug-likeness (QED) is 0.545. The largest absolute Gasteiger partial charge is 0.396 e. The summed E-state index contributed by atoms with van der Waals surface area (Å²) in [5, 5.41) is 5.78. The highest BCUT2D eigenvalue weighted by atomic mass is 15.0. The van der Waals surface area contributed by atoms with Gasteiger partial charge in [-0.15, -0.1) is 0 Å². The van der Waals surface area contributed by atoms with Crippen molar-refractivity contribution in [2.24, 2.45) is 0 Å². The number of aromatic nitrogens is 1. The molecule has 0 radical (unpaired) electrons. The Morgan fingerprint density at radius 2 is 1.62 bits per heavy atom. The van der Waals surface area contributed by atoms with E-state index in [9.17, 15) is 0 Å². The van der Waals surface area contributed by atoms with E-state index in [1.165, 1.54) is 16.3 Å². The number of nitrogen functional groups attached to an aromatic ring is 1. The monoisotopic (exact) mass is 311 g/mol. The standard InChI is InChI=1S/C21H17N3/c22-20-12-5-13-23-21(20)24-17-9-3-8-16(14-17)19-11-4-7-15-6-1-2-10-18(15)19/h1-14H,22H2,(H,23,24). The SMILES string of the molecule is Nc1cccnc1Nc1cccc(-c2cccc3ccccc23)c1. The first-order valence-electron chi connectivity index (χ1n) is 7.87. The third-order valence-corrected chi connectivity index (χ3v) is 4.06. The number of nitrogens with one attached hydrogen (secondary N) is 1. The van der Waals surface area contributed by atoms with E-state index >= 15 is 0 Å². The molecule has 0 saturated carbocycles. The number of benzene rings is 3. The lowest BCUT2D eigenvalue weighted by Crippen LogP contribution is -1.98. The predicted molar refractivity (Wildman–Crippen MR) is 101 cm³/mol. The van der Waals surface area contributed by atoms with Crippen LogP contribution >= 0.6 is 0 Å². The van der Waals surface area contributed by atoms with Gasteiger partial charge in [0, 0.05) is 11.9 Å². The molecule has 0 aliphatic carbocycles. The van der Waals surface area contributed by atoms with Crippen molar-refractivity contribution in [1.29, 1.82) is 0 Å². The molecule has 0 atom stereocenters. The second-order valence-electron chi connectivity index (χ2n) is 5.67. The van der Waals surface area contributed by atoms with E-state index < -0.39 is 0 Å². The Kier molecular flexibility index (Phi) is 3.60. The molecule has 1 heterocycles. The van der Waals surface area contributed by atoms with Crippen LogP contribution in [-0.4, -0.2) is 4.98 Å². The molecule has 4 aromatic rings. The Balaban J connectivity index is 1.76. The van der Waals surface area contributed by atoms with Crippen LogP contribution in [0.25, 0.3) is 21.9 Å². The molecule has 0 amide bonds. The number of rotatable bonds is 3. The Morgan fingerprint density at radius 3 is 2.54 bits per heavy atom. The molecular weight excluding hydrogens is 294 g/mol. The van der Waals surface area contributed by atoms with E-state index in [4.69, 9.17) is 5.73 Å². The van der Waals surface area contributed by atoms with Gasteiger partial charge >= 0.3 is 0 Å². The summed E-state index contributed by atoms with van der Waals surface area (Å²) in [6, 6.07) is 26.8. The lowest BCUT2D eigenvalue weighted by molar-refractivity contribution is 1.31. The van der Waals surface area contributed by atoms with Crippen molar-refractivity contribution < 1.29 is 0 Å². The Labute approximate surface area is 140 Å². The minimum absolute atomic E-state index is 0.632. The predicted octanol–water partition coefficient (Wildman–Crippen LogP) is 5.23. The van der Waals surface area contributed by atoms with Gasteiger partial charge in [0.1, 0.15) is 0 Å². The van der Waals surface area contributed by atoms with Crippen molar-refractivity contribution in [1.82, 2.24) is 4.98 Å². The smallest absolute Gasteiger partial charge is 0.153 e. The number of hydrogen-bond acceptors (Lipinski definition) is 3. The number of nitrogens with zero attached hydrogens (tertiary/aromatic N) is 1. The summed E-state index contributed by atoms with van der Waals surface area (Å²) >= 11 is 0. The molecular formula is C21H17N3. The molecule has 0 bridgehead atoms. The molecule has 3 heteroatoms. The Bertz CT molecular complexity index is 1000. The first kappa shape index (κ1) is 14.3. The van der Waals surface area contributed by atoms with Gasteiger partial charge < -0.3 is 11.1 Å². The van der Waals surface area contributed by atoms with Crippen molar-refractivity contribution in [2.45, 2.75) is 0 Å². The van der Waals surface area contributed by atoms with Gasteiger partial charge in [-0.1, -0.05) is 54.6 Å². The zero-order chi connectivity index (χ0) is 16.4. The molecule has 3 N–H and O–H groups in total. The highest BCUT2D eigenvalue weighted by Gasteiger charge is 2.05. The van der Waals surface area contributed by atoms with Gasteiger partial charge in [0.15, 0.2) is 5.82 Å². The summed E-state index contributed by atoms with van der Waals surface area (Å²) < 4.78 is 0. The molecule has 0 saturated heterocycles. The number of fused-ring (bicyclic) bond motifs is 1. The third kappa shape index (κ3) is 2.68. The second kappa shape index (κ2) is 6.05. The molecule has 0 fully saturated rings. The summed E-state index contributed by atoms with van der Waals surface area (Å²) in [7, 11) is 0. The van der Waals surface area contributed by atoms with Crippen molar-refractivity contribution in [3.05, 3.63) is 85.1 Å². The third-order valence-electron chi connectivity index (χ3n) is 4.06. The fourth-order valence-electron chi connectivity index (χ4n) is 2.90. The van der Waals surface area contributed by atoms with Crippen LogP contribution in [0.2, 0.25) is 0 Å². The Hall–Kier alpha value is -3.33. The van der Waals surface area contributed by atoms with E-state index in [2.05, 4.69) is 64.9 Å². The molecule has 3 nitrogen and oxygen atoms in total. The van der Waals surface area contributed by atoms with Crippen molar-refractivity contribution in [2.75, 3.05) is 11.1 Å². The first-order chi connectivity index (χ1) is 11.8. The minimum atomic E-state index is 0.632. The summed E-state index contributed by atoms with van der Waals surface area (Å²) in [6.07, 6.45) is 1.73. The van der Waals surface area contributed by atoms with Gasteiger partial charge in [-0.25, -0.2) is 4.98 Å². The van der Waals surface area contributed by atoms with Gasteiger partial charge in [-0.2, -0.15) is 0 Å². The van der Waals surface area contributed by atoms with Crippen LogP contribution in [0.15, 0.2) is 85.1 Å². The van der Waals surface area contributed by atoms with E-state index in [0.29, 0.717) is 11.5 Å². The highest BCUT2D eigenvalue weighted by molar-refractivity contribution is 5.97. The Morgan fingerprint density at radius 1 is 0.792 bits per heavy atom. The number of anilines is 3. The molecule has 4 rings (SSSR count). The lowest BCUT2D eigenvalue weighted by Gasteiger charge is -2.11. The molecule has 0 spiro atoms. The topological polar surface area (TPSA) is 50.9 Å². The molecule has 1 aromatic heterocycles. The van der Waals surface area contributed by atoms with Crippen molar-refractivity contribution >= 4 is 28.0 Å². The minimum Gasteiger partial charge on any atom is -0.396 e. The summed E-state index contributed by atoms with van der Waals surface area (Å²) in [5.74, 6) is 0.674. The van der Waals surface area contributed by atoms with Crippen molar-refractivity contribution in [3.8, 4) is 11.1 Å². The van der Waals surface area contributed by atoms with Crippen LogP contribution in [0.4, 0.5) is 17.2 Å². The van der Waals surface area contributed by atoms with Crippen LogP contribution in [-0.2, 0) is 0 Å². The fraction of sp³-hybridized carbons (Fsp3) is 0. The first-order valence-corrected chi connectivity index (χ1v) is 7.87. The van der Waals surface area contributed by atoms with Gasteiger partial charge in [-0.05, 0) is 46.2 Å². The van der Waals surface area contributed by atoms with Gasteiger partial charge in [0.2, 0.25) is 0 Å². The van der Waals surface area contributed by atoms with E-state index in [1.54, 1.807) is 6.20 Å². The van der Waals surface area contributed by atoms with Crippen LogP contribution in [0, 0.1) is 0 Å². The summed E-state index contributed by atoms with van der Waals surface area (Å²) in [5.41, 5.74) is 9.94. The summed E-state index contributed by atoms with van der Waals surface area (Å²) in [6.45, 7) is 0. The number of hydrogen-bond donors (Lipinski definition) is 2. The molecule has 0 aliphatic rings. The van der Waals surface area contributed by atoms with Crippen LogP contribution in [0.1, 0.15) is 0 Å². The molecule has 3 aromatic carbocycles. The second-order valence-corrected chi connectivity index (χ2v) is 5.67. The van der Waals surface area contributed by atoms with Gasteiger partial charge in [0.25, 0.3) is 0 Å². The van der Waals surface area contributed by atoms with E-state index in [1.807, 2.05) is 24.3 Å². The maximum absolute atomic E-state index is 5.97. The zero-order valence-corrected chi connectivity index (χ0v) is 13.1. The molecule has 0 unspecified atom stereocenters. The average molecular weight is 311 g/mol. The lowest BCUT2D eigenvalue weighted by atomic mass is 9.98. The molecule has 0 aliphatic heterocycles. The van der Waals surface area contributed by atoms with Crippen LogP contribution < -0.4 is 11.1 Å². The maximum atomic E-state index is 5.97. The maximum Gasteiger partial charge on any atom is 0.153 e. The van der Waals surface area contributed by atoms with Crippen LogP contribution in [0.3, 0.4) is 0 Å². The van der Waals surface area contributed by atoms with E-state index in [0.717, 1.165) is 11.3 Å². The van der Waals surface area contributed by atoms with Crippen LogP contribution in [0.5, 0.6) is 0 Å². The van der Waals surface area contributed by atoms with Gasteiger partial charge in [-0.3, -0.25) is 0 Å². The van der Waals surface area contributed by atoms with E-state index in [-0.39, 0.29) is 0 Å². The summed E-state index contributed by atoms with van der Waals surface area (Å²) in [4.78, 5) is 4.29. The van der Waals surface area contributed by atoms with Crippen molar-refractivity contribution in [3.63, 3.8) is 0 Å².